The molecule has 33 heavy (non-hydrogen) atoms. The number of carbonyl (C=O) groups is 2. The van der Waals surface area contributed by atoms with Crippen molar-refractivity contribution < 1.29 is 19.1 Å². The van der Waals surface area contributed by atoms with Gasteiger partial charge in [-0.2, -0.15) is 0 Å². The molecule has 0 fully saturated rings. The van der Waals surface area contributed by atoms with Gasteiger partial charge >= 0.3 is 0 Å². The number of methoxy groups -OCH3 is 2. The molecule has 0 radical (unpaired) electrons. The van der Waals surface area contributed by atoms with Crippen molar-refractivity contribution in [1.29, 1.82) is 0 Å². The number of amides is 2. The molecule has 0 bridgehead atoms. The van der Waals surface area contributed by atoms with E-state index in [0.29, 0.717) is 35.0 Å². The first-order valence-electron chi connectivity index (χ1n) is 10.6. The molecule has 7 heteroatoms. The molecule has 0 saturated heterocycles. The standard InChI is InChI=1S/C26H26N2O4S/c1-26(25(30)27-21-14-13-19(31-2)15-22(21)32-3)17-33-23-12-8-7-11-20(23)24(29)28(26)16-18-9-5-4-6-10-18/h4-15H,16-17H2,1-3H3,(H,27,30). The van der Waals surface area contributed by atoms with Crippen molar-refractivity contribution in [2.24, 2.45) is 0 Å². The summed E-state index contributed by atoms with van der Waals surface area (Å²) in [5.74, 6) is 1.07. The Bertz CT molecular complexity index is 1170. The van der Waals surface area contributed by atoms with Crippen LogP contribution in [-0.2, 0) is 11.3 Å². The first-order chi connectivity index (χ1) is 16.0. The van der Waals surface area contributed by atoms with Crippen LogP contribution in [0.2, 0.25) is 0 Å². The van der Waals surface area contributed by atoms with Gasteiger partial charge in [-0.05, 0) is 36.8 Å². The van der Waals surface area contributed by atoms with Crippen molar-refractivity contribution in [3.05, 3.63) is 83.9 Å². The predicted molar refractivity (Wildman–Crippen MR) is 130 cm³/mol. The smallest absolute Gasteiger partial charge is 0.256 e. The van der Waals surface area contributed by atoms with E-state index in [2.05, 4.69) is 5.32 Å². The second-order valence-corrected chi connectivity index (χ2v) is 8.97. The molecule has 0 aromatic heterocycles. The fourth-order valence-corrected chi connectivity index (χ4v) is 5.00. The van der Waals surface area contributed by atoms with Crippen molar-refractivity contribution >= 4 is 29.3 Å². The first-order valence-corrected chi connectivity index (χ1v) is 11.6. The third-order valence-electron chi connectivity index (χ3n) is 5.80. The Hall–Kier alpha value is -3.45. The SMILES string of the molecule is COc1ccc(NC(=O)C2(C)CSc3ccccc3C(=O)N2Cc2ccccc2)c(OC)c1. The van der Waals surface area contributed by atoms with E-state index >= 15 is 0 Å². The minimum absolute atomic E-state index is 0.168. The molecule has 6 nitrogen and oxygen atoms in total. The monoisotopic (exact) mass is 462 g/mol. The van der Waals surface area contributed by atoms with Crippen LogP contribution in [0.1, 0.15) is 22.8 Å². The molecule has 170 valence electrons. The maximum absolute atomic E-state index is 13.8. The van der Waals surface area contributed by atoms with Gasteiger partial charge in [0.25, 0.3) is 11.8 Å². The highest BCUT2D eigenvalue weighted by Gasteiger charge is 2.45. The molecule has 2 amide bonds. The topological polar surface area (TPSA) is 67.9 Å². The molecule has 1 aliphatic rings. The molecule has 0 spiro atoms. The van der Waals surface area contributed by atoms with E-state index in [0.717, 1.165) is 10.5 Å². The van der Waals surface area contributed by atoms with Gasteiger partial charge < -0.3 is 19.7 Å². The second kappa shape index (κ2) is 9.58. The summed E-state index contributed by atoms with van der Waals surface area (Å²) in [6, 6.07) is 22.4. The fourth-order valence-electron chi connectivity index (χ4n) is 3.79. The highest BCUT2D eigenvalue weighted by molar-refractivity contribution is 7.99. The Morgan fingerprint density at radius 3 is 2.48 bits per heavy atom. The van der Waals surface area contributed by atoms with E-state index in [1.54, 1.807) is 30.2 Å². The summed E-state index contributed by atoms with van der Waals surface area (Å²) in [6.45, 7) is 2.14. The van der Waals surface area contributed by atoms with Crippen LogP contribution in [0.5, 0.6) is 11.5 Å². The number of carbonyl (C=O) groups excluding carboxylic acids is 2. The number of benzene rings is 3. The van der Waals surface area contributed by atoms with Gasteiger partial charge in [-0.1, -0.05) is 42.5 Å². The molecule has 4 rings (SSSR count). The van der Waals surface area contributed by atoms with Crippen LogP contribution in [-0.4, -0.2) is 42.2 Å². The van der Waals surface area contributed by atoms with Crippen LogP contribution in [0, 0.1) is 0 Å². The molecule has 1 N–H and O–H groups in total. The van der Waals surface area contributed by atoms with Crippen molar-refractivity contribution in [3.8, 4) is 11.5 Å². The van der Waals surface area contributed by atoms with Crippen molar-refractivity contribution in [2.75, 3.05) is 25.3 Å². The van der Waals surface area contributed by atoms with Gasteiger partial charge in [0.05, 0.1) is 25.5 Å². The summed E-state index contributed by atoms with van der Waals surface area (Å²) in [5.41, 5.74) is 0.971. The number of hydrogen-bond donors (Lipinski definition) is 1. The number of rotatable bonds is 6. The van der Waals surface area contributed by atoms with Crippen molar-refractivity contribution in [1.82, 2.24) is 4.90 Å². The minimum Gasteiger partial charge on any atom is -0.497 e. The maximum Gasteiger partial charge on any atom is 0.256 e. The van der Waals surface area contributed by atoms with Gasteiger partial charge in [-0.3, -0.25) is 9.59 Å². The first kappa shape index (κ1) is 22.7. The summed E-state index contributed by atoms with van der Waals surface area (Å²) in [4.78, 5) is 30.0. The summed E-state index contributed by atoms with van der Waals surface area (Å²) in [7, 11) is 3.11. The van der Waals surface area contributed by atoms with E-state index in [1.165, 1.54) is 18.9 Å². The molecule has 1 aliphatic heterocycles. The molecular weight excluding hydrogens is 436 g/mol. The Morgan fingerprint density at radius 1 is 1.03 bits per heavy atom. The quantitative estimate of drug-likeness (QED) is 0.567. The average Bonchev–Trinajstić information content (AvgIpc) is 2.96. The Kier molecular flexibility index (Phi) is 6.60. The molecule has 1 atom stereocenters. The zero-order chi connectivity index (χ0) is 23.4. The summed E-state index contributed by atoms with van der Waals surface area (Å²) >= 11 is 1.51. The lowest BCUT2D eigenvalue weighted by molar-refractivity contribution is -0.125. The molecule has 0 aliphatic carbocycles. The average molecular weight is 463 g/mol. The summed E-state index contributed by atoms with van der Waals surface area (Å²) in [5, 5.41) is 2.99. The molecule has 1 unspecified atom stereocenters. The summed E-state index contributed by atoms with van der Waals surface area (Å²) < 4.78 is 10.7. The number of thioether (sulfide) groups is 1. The van der Waals surface area contributed by atoms with Crippen molar-refractivity contribution in [2.45, 2.75) is 23.9 Å². The number of nitrogens with one attached hydrogen (secondary N) is 1. The molecular formula is C26H26N2O4S. The minimum atomic E-state index is -1.11. The van der Waals surface area contributed by atoms with Crippen LogP contribution in [0.25, 0.3) is 0 Å². The zero-order valence-electron chi connectivity index (χ0n) is 18.8. The molecule has 3 aromatic carbocycles. The normalized spacial score (nSPS) is 17.7. The predicted octanol–water partition coefficient (Wildman–Crippen LogP) is 4.85. The Balaban J connectivity index is 1.72. The van der Waals surface area contributed by atoms with E-state index in [4.69, 9.17) is 9.47 Å². The van der Waals surface area contributed by atoms with Gasteiger partial charge in [-0.15, -0.1) is 11.8 Å². The van der Waals surface area contributed by atoms with E-state index in [-0.39, 0.29) is 11.8 Å². The maximum atomic E-state index is 13.8. The Labute approximate surface area is 197 Å². The third kappa shape index (κ3) is 4.54. The lowest BCUT2D eigenvalue weighted by Crippen LogP contribution is -2.57. The number of hydrogen-bond acceptors (Lipinski definition) is 5. The largest absolute Gasteiger partial charge is 0.497 e. The highest BCUT2D eigenvalue weighted by Crippen LogP contribution is 2.37. The molecule has 0 saturated carbocycles. The number of nitrogens with zero attached hydrogens (tertiary/aromatic N) is 1. The van der Waals surface area contributed by atoms with Crippen LogP contribution >= 0.6 is 11.8 Å². The van der Waals surface area contributed by atoms with Crippen LogP contribution in [0.4, 0.5) is 5.69 Å². The molecule has 1 heterocycles. The lowest BCUT2D eigenvalue weighted by Gasteiger charge is -2.38. The molecule has 3 aromatic rings. The van der Waals surface area contributed by atoms with Gasteiger partial charge in [0.1, 0.15) is 17.0 Å². The Morgan fingerprint density at radius 2 is 1.76 bits per heavy atom. The second-order valence-electron chi connectivity index (χ2n) is 7.96. The number of anilines is 1. The number of fused-ring (bicyclic) bond motifs is 1. The van der Waals surface area contributed by atoms with Gasteiger partial charge in [0.15, 0.2) is 0 Å². The van der Waals surface area contributed by atoms with Gasteiger partial charge in [-0.25, -0.2) is 0 Å². The summed E-state index contributed by atoms with van der Waals surface area (Å²) in [6.07, 6.45) is 0. The van der Waals surface area contributed by atoms with Crippen LogP contribution in [0.3, 0.4) is 0 Å². The van der Waals surface area contributed by atoms with Crippen LogP contribution < -0.4 is 14.8 Å². The zero-order valence-corrected chi connectivity index (χ0v) is 19.6. The van der Waals surface area contributed by atoms with Crippen LogP contribution in [0.15, 0.2) is 77.7 Å². The van der Waals surface area contributed by atoms with E-state index < -0.39 is 5.54 Å². The van der Waals surface area contributed by atoms with Gasteiger partial charge in [0, 0.05) is 23.3 Å². The highest BCUT2D eigenvalue weighted by atomic mass is 32.2. The van der Waals surface area contributed by atoms with E-state index in [1.807, 2.05) is 61.5 Å². The van der Waals surface area contributed by atoms with Gasteiger partial charge in [0.2, 0.25) is 0 Å². The lowest BCUT2D eigenvalue weighted by atomic mass is 9.98. The third-order valence-corrected chi connectivity index (χ3v) is 7.17. The fraction of sp³-hybridized carbons (Fsp3) is 0.231. The van der Waals surface area contributed by atoms with Crippen molar-refractivity contribution in [3.63, 3.8) is 0 Å². The van der Waals surface area contributed by atoms with E-state index in [9.17, 15) is 9.59 Å². The number of ether oxygens (including phenoxy) is 2.